The van der Waals surface area contributed by atoms with Crippen molar-refractivity contribution in [1.29, 1.82) is 0 Å². The Morgan fingerprint density at radius 3 is 2.93 bits per heavy atom. The topological polar surface area (TPSA) is 30.2 Å². The molecule has 2 nitrogen and oxygen atoms in total. The fourth-order valence-corrected chi connectivity index (χ4v) is 1.66. The molecule has 2 rings (SSSR count). The van der Waals surface area contributed by atoms with Crippen molar-refractivity contribution in [2.24, 2.45) is 0 Å². The summed E-state index contributed by atoms with van der Waals surface area (Å²) in [6, 6.07) is 7.41. The summed E-state index contributed by atoms with van der Waals surface area (Å²) < 4.78 is 5.14. The van der Waals surface area contributed by atoms with Gasteiger partial charge in [0.15, 0.2) is 0 Å². The van der Waals surface area contributed by atoms with Crippen molar-refractivity contribution in [2.75, 3.05) is 0 Å². The monoisotopic (exact) mass is 200 g/mol. The van der Waals surface area contributed by atoms with Crippen molar-refractivity contribution in [2.45, 2.75) is 13.3 Å². The molecule has 0 radical (unpaired) electrons. The molecule has 0 aliphatic carbocycles. The van der Waals surface area contributed by atoms with E-state index in [0.29, 0.717) is 5.58 Å². The zero-order valence-corrected chi connectivity index (χ0v) is 8.62. The maximum Gasteiger partial charge on any atom is 0.336 e. The first-order valence-electron chi connectivity index (χ1n) is 4.85. The van der Waals surface area contributed by atoms with Crippen LogP contribution in [0.15, 0.2) is 46.1 Å². The molecule has 0 bridgehead atoms. The van der Waals surface area contributed by atoms with E-state index in [1.807, 2.05) is 31.2 Å². The average molecular weight is 200 g/mol. The lowest BCUT2D eigenvalue weighted by Gasteiger charge is -2.02. The van der Waals surface area contributed by atoms with Gasteiger partial charge in [-0.3, -0.25) is 0 Å². The Bertz CT molecular complexity index is 564. The van der Waals surface area contributed by atoms with Crippen LogP contribution in [-0.4, -0.2) is 0 Å². The molecule has 0 saturated carbocycles. The summed E-state index contributed by atoms with van der Waals surface area (Å²) in [6.45, 7) is 5.59. The number of hydrogen-bond acceptors (Lipinski definition) is 2. The van der Waals surface area contributed by atoms with Crippen molar-refractivity contribution >= 4 is 11.0 Å². The second kappa shape index (κ2) is 3.73. The van der Waals surface area contributed by atoms with Crippen molar-refractivity contribution in [1.82, 2.24) is 0 Å². The lowest BCUT2D eigenvalue weighted by Crippen LogP contribution is -1.98. The van der Waals surface area contributed by atoms with Gasteiger partial charge in [-0.2, -0.15) is 0 Å². The molecule has 0 saturated heterocycles. The van der Waals surface area contributed by atoms with Crippen molar-refractivity contribution < 1.29 is 4.42 Å². The number of hydrogen-bond donors (Lipinski definition) is 0. The minimum atomic E-state index is -0.296. The molecule has 0 atom stereocenters. The van der Waals surface area contributed by atoms with Gasteiger partial charge in [-0.25, -0.2) is 4.79 Å². The maximum absolute atomic E-state index is 11.2. The highest BCUT2D eigenvalue weighted by molar-refractivity contribution is 5.80. The van der Waals surface area contributed by atoms with E-state index >= 15 is 0 Å². The van der Waals surface area contributed by atoms with Crippen LogP contribution in [-0.2, 0) is 6.42 Å². The molecule has 0 aliphatic heterocycles. The Hall–Kier alpha value is -1.83. The van der Waals surface area contributed by atoms with Gasteiger partial charge >= 0.3 is 5.63 Å². The predicted molar refractivity (Wildman–Crippen MR) is 61.1 cm³/mol. The zero-order chi connectivity index (χ0) is 10.8. The normalized spacial score (nSPS) is 10.5. The molecule has 1 heterocycles. The molecule has 1 aromatic carbocycles. The molecule has 2 heteroatoms. The Labute approximate surface area is 87.8 Å². The number of aryl methyl sites for hydroxylation is 1. The van der Waals surface area contributed by atoms with E-state index in [1.165, 1.54) is 6.07 Å². The van der Waals surface area contributed by atoms with Gasteiger partial charge in [-0.15, -0.1) is 6.58 Å². The van der Waals surface area contributed by atoms with Crippen LogP contribution in [0, 0.1) is 6.92 Å². The van der Waals surface area contributed by atoms with Crippen LogP contribution in [0.4, 0.5) is 0 Å². The molecule has 0 unspecified atom stereocenters. The van der Waals surface area contributed by atoms with E-state index in [9.17, 15) is 4.79 Å². The van der Waals surface area contributed by atoms with Crippen LogP contribution in [0.1, 0.15) is 11.1 Å². The Morgan fingerprint density at radius 2 is 2.20 bits per heavy atom. The molecule has 0 aliphatic rings. The summed E-state index contributed by atoms with van der Waals surface area (Å²) in [5.74, 6) is 0. The molecule has 0 amide bonds. The second-order valence-corrected chi connectivity index (χ2v) is 3.57. The Kier molecular flexibility index (Phi) is 2.42. The number of allylic oxidation sites excluding steroid dienone is 1. The van der Waals surface area contributed by atoms with Crippen LogP contribution < -0.4 is 5.63 Å². The molecule has 0 fully saturated rings. The highest BCUT2D eigenvalue weighted by Crippen LogP contribution is 2.18. The first kappa shape index (κ1) is 9.71. The van der Waals surface area contributed by atoms with E-state index in [-0.39, 0.29) is 5.63 Å². The fourth-order valence-electron chi connectivity index (χ4n) is 1.66. The van der Waals surface area contributed by atoms with Gasteiger partial charge in [-0.05, 0) is 30.5 Å². The summed E-state index contributed by atoms with van der Waals surface area (Å²) in [5.41, 5.74) is 2.41. The van der Waals surface area contributed by atoms with E-state index in [1.54, 1.807) is 0 Å². The first-order valence-corrected chi connectivity index (χ1v) is 4.85. The number of rotatable bonds is 2. The molecule has 1 aromatic heterocycles. The summed E-state index contributed by atoms with van der Waals surface area (Å²) in [5, 5.41) is 0.988. The predicted octanol–water partition coefficient (Wildman–Crippen LogP) is 2.83. The molecule has 15 heavy (non-hydrogen) atoms. The van der Waals surface area contributed by atoms with Crippen LogP contribution >= 0.6 is 0 Å². The van der Waals surface area contributed by atoms with Crippen molar-refractivity contribution in [3.8, 4) is 0 Å². The summed E-state index contributed by atoms with van der Waals surface area (Å²) in [6.07, 6.45) is 2.61. The number of benzene rings is 1. The molecular formula is C13H12O2. The highest BCUT2D eigenvalue weighted by atomic mass is 16.4. The van der Waals surface area contributed by atoms with Gasteiger partial charge < -0.3 is 4.42 Å². The van der Waals surface area contributed by atoms with E-state index in [2.05, 4.69) is 6.58 Å². The van der Waals surface area contributed by atoms with Crippen LogP contribution in [0.25, 0.3) is 11.0 Å². The second-order valence-electron chi connectivity index (χ2n) is 3.57. The van der Waals surface area contributed by atoms with E-state index in [0.717, 1.165) is 22.9 Å². The Balaban J connectivity index is 2.70. The van der Waals surface area contributed by atoms with Crippen LogP contribution in [0.2, 0.25) is 0 Å². The molecule has 0 spiro atoms. The Morgan fingerprint density at radius 1 is 1.40 bits per heavy atom. The highest BCUT2D eigenvalue weighted by Gasteiger charge is 2.02. The van der Waals surface area contributed by atoms with Gasteiger partial charge in [-0.1, -0.05) is 18.2 Å². The van der Waals surface area contributed by atoms with Gasteiger partial charge in [0.2, 0.25) is 0 Å². The summed E-state index contributed by atoms with van der Waals surface area (Å²) in [4.78, 5) is 11.2. The third kappa shape index (κ3) is 1.84. The van der Waals surface area contributed by atoms with Gasteiger partial charge in [0.25, 0.3) is 0 Å². The standard InChI is InChI=1S/C13H12O2/c1-3-4-10-5-6-11-9(2)7-13(14)15-12(11)8-10/h3,5-8H,1,4H2,2H3. The largest absolute Gasteiger partial charge is 0.423 e. The maximum atomic E-state index is 11.2. The molecular weight excluding hydrogens is 188 g/mol. The lowest BCUT2D eigenvalue weighted by atomic mass is 10.1. The minimum absolute atomic E-state index is 0.296. The van der Waals surface area contributed by atoms with E-state index < -0.39 is 0 Å². The smallest absolute Gasteiger partial charge is 0.336 e. The molecule has 76 valence electrons. The van der Waals surface area contributed by atoms with Gasteiger partial charge in [0.1, 0.15) is 5.58 Å². The van der Waals surface area contributed by atoms with Gasteiger partial charge in [0.05, 0.1) is 0 Å². The van der Waals surface area contributed by atoms with Crippen LogP contribution in [0.3, 0.4) is 0 Å². The third-order valence-electron chi connectivity index (χ3n) is 2.40. The van der Waals surface area contributed by atoms with Crippen molar-refractivity contribution in [3.05, 3.63) is 58.5 Å². The third-order valence-corrected chi connectivity index (χ3v) is 2.40. The fraction of sp³-hybridized carbons (Fsp3) is 0.154. The van der Waals surface area contributed by atoms with Gasteiger partial charge in [0, 0.05) is 11.5 Å². The molecule has 2 aromatic rings. The van der Waals surface area contributed by atoms with Crippen molar-refractivity contribution in [3.63, 3.8) is 0 Å². The average Bonchev–Trinajstić information content (AvgIpc) is 2.17. The van der Waals surface area contributed by atoms with Crippen LogP contribution in [0.5, 0.6) is 0 Å². The lowest BCUT2D eigenvalue weighted by molar-refractivity contribution is 0.559. The zero-order valence-electron chi connectivity index (χ0n) is 8.62. The molecule has 0 N–H and O–H groups in total. The van der Waals surface area contributed by atoms with E-state index in [4.69, 9.17) is 4.42 Å². The minimum Gasteiger partial charge on any atom is -0.423 e. The summed E-state index contributed by atoms with van der Waals surface area (Å²) >= 11 is 0. The first-order chi connectivity index (χ1) is 7.20. The quantitative estimate of drug-likeness (QED) is 0.551. The summed E-state index contributed by atoms with van der Waals surface area (Å²) in [7, 11) is 0. The number of fused-ring (bicyclic) bond motifs is 1. The SMILES string of the molecule is C=CCc1ccc2c(C)cc(=O)oc2c1.